The number of halogens is 1. The van der Waals surface area contributed by atoms with Crippen LogP contribution in [-0.2, 0) is 39.0 Å². The number of benzene rings is 4. The number of anilines is 1. The third kappa shape index (κ3) is 9.07. The van der Waals surface area contributed by atoms with Crippen molar-refractivity contribution in [2.75, 3.05) is 10.8 Å². The SMILES string of the molecule is CCc1ccccc1N(CC(=O)N(Cc1cccc(Br)c1)[C@H](Cc1ccccc1)C(=O)NC(C)(C)C)S(=O)(=O)c1ccc(C)cc1. The minimum absolute atomic E-state index is 0.0849. The number of rotatable bonds is 12. The molecular formula is C37H42BrN3O4S. The molecule has 0 unspecified atom stereocenters. The Morgan fingerprint density at radius 1 is 0.848 bits per heavy atom. The van der Waals surface area contributed by atoms with Crippen molar-refractivity contribution in [3.05, 3.63) is 130 Å². The Kier molecular flexibility index (Phi) is 11.5. The van der Waals surface area contributed by atoms with E-state index in [0.717, 1.165) is 26.7 Å². The number of sulfonamides is 1. The van der Waals surface area contributed by atoms with Crippen LogP contribution in [0.3, 0.4) is 0 Å². The Balaban J connectivity index is 1.85. The molecule has 0 aliphatic carbocycles. The number of hydrogen-bond donors (Lipinski definition) is 1. The van der Waals surface area contributed by atoms with Gasteiger partial charge in [-0.05, 0) is 81.1 Å². The topological polar surface area (TPSA) is 86.8 Å². The van der Waals surface area contributed by atoms with E-state index in [1.807, 2.05) is 101 Å². The van der Waals surface area contributed by atoms with E-state index in [-0.39, 0.29) is 23.8 Å². The highest BCUT2D eigenvalue weighted by molar-refractivity contribution is 9.10. The quantitative estimate of drug-likeness (QED) is 0.171. The smallest absolute Gasteiger partial charge is 0.264 e. The lowest BCUT2D eigenvalue weighted by Crippen LogP contribution is -2.56. The molecule has 4 aromatic carbocycles. The fourth-order valence-corrected chi connectivity index (χ4v) is 7.14. The van der Waals surface area contributed by atoms with Crippen LogP contribution in [0.2, 0.25) is 0 Å². The molecule has 0 aliphatic rings. The summed E-state index contributed by atoms with van der Waals surface area (Å²) in [5.74, 6) is -0.812. The standard InChI is InChI=1S/C37H42BrN3O4S/c1-6-30-16-10-11-18-33(30)41(46(44,45)32-21-19-27(2)20-22-32)26-35(42)40(25-29-15-12-17-31(38)23-29)34(36(43)39-37(3,4)5)24-28-13-8-7-9-14-28/h7-23,34H,6,24-26H2,1-5H3,(H,39,43)/t34-/m1/s1. The highest BCUT2D eigenvalue weighted by Crippen LogP contribution is 2.29. The summed E-state index contributed by atoms with van der Waals surface area (Å²) in [7, 11) is -4.17. The van der Waals surface area contributed by atoms with Crippen molar-refractivity contribution in [2.24, 2.45) is 0 Å². The molecule has 46 heavy (non-hydrogen) atoms. The van der Waals surface area contributed by atoms with Gasteiger partial charge in [0.1, 0.15) is 12.6 Å². The van der Waals surface area contributed by atoms with Gasteiger partial charge in [0.2, 0.25) is 11.8 Å². The fraction of sp³-hybridized carbons (Fsp3) is 0.297. The van der Waals surface area contributed by atoms with Crippen molar-refractivity contribution < 1.29 is 18.0 Å². The molecule has 242 valence electrons. The second-order valence-corrected chi connectivity index (χ2v) is 15.2. The van der Waals surface area contributed by atoms with Gasteiger partial charge in [-0.15, -0.1) is 0 Å². The van der Waals surface area contributed by atoms with Gasteiger partial charge in [0.05, 0.1) is 10.6 Å². The zero-order chi connectivity index (χ0) is 33.5. The molecule has 0 saturated carbocycles. The van der Waals surface area contributed by atoms with Gasteiger partial charge in [-0.1, -0.05) is 101 Å². The van der Waals surface area contributed by atoms with Gasteiger partial charge >= 0.3 is 0 Å². The molecule has 0 heterocycles. The summed E-state index contributed by atoms with van der Waals surface area (Å²) in [6, 6.07) is 30.0. The van der Waals surface area contributed by atoms with Crippen LogP contribution >= 0.6 is 15.9 Å². The highest BCUT2D eigenvalue weighted by atomic mass is 79.9. The van der Waals surface area contributed by atoms with E-state index < -0.39 is 34.1 Å². The molecular weight excluding hydrogens is 662 g/mol. The molecule has 0 aromatic heterocycles. The molecule has 0 spiro atoms. The number of nitrogens with zero attached hydrogens (tertiary/aromatic N) is 2. The number of nitrogens with one attached hydrogen (secondary N) is 1. The van der Waals surface area contributed by atoms with Crippen molar-refractivity contribution in [3.63, 3.8) is 0 Å². The van der Waals surface area contributed by atoms with E-state index in [9.17, 15) is 18.0 Å². The van der Waals surface area contributed by atoms with Gasteiger partial charge in [0.25, 0.3) is 10.0 Å². The summed E-state index contributed by atoms with van der Waals surface area (Å²) < 4.78 is 30.7. The maximum absolute atomic E-state index is 14.7. The maximum Gasteiger partial charge on any atom is 0.264 e. The van der Waals surface area contributed by atoms with Crippen molar-refractivity contribution in [1.29, 1.82) is 0 Å². The lowest BCUT2D eigenvalue weighted by atomic mass is 10.0. The third-order valence-corrected chi connectivity index (χ3v) is 9.81. The van der Waals surface area contributed by atoms with Crippen LogP contribution in [0.1, 0.15) is 49.9 Å². The molecule has 0 bridgehead atoms. The molecule has 0 radical (unpaired) electrons. The summed E-state index contributed by atoms with van der Waals surface area (Å²) in [5, 5.41) is 3.06. The molecule has 0 aliphatic heterocycles. The summed E-state index contributed by atoms with van der Waals surface area (Å²) in [4.78, 5) is 30.3. The average Bonchev–Trinajstić information content (AvgIpc) is 3.01. The number of carbonyl (C=O) groups excluding carboxylic acids is 2. The second kappa shape index (κ2) is 15.1. The minimum atomic E-state index is -4.17. The van der Waals surface area contributed by atoms with Crippen LogP contribution in [0.15, 0.2) is 112 Å². The van der Waals surface area contributed by atoms with E-state index in [2.05, 4.69) is 21.2 Å². The second-order valence-electron chi connectivity index (χ2n) is 12.4. The van der Waals surface area contributed by atoms with Crippen LogP contribution in [0, 0.1) is 6.92 Å². The number of para-hydroxylation sites is 1. The van der Waals surface area contributed by atoms with Crippen LogP contribution in [0.4, 0.5) is 5.69 Å². The molecule has 1 N–H and O–H groups in total. The number of carbonyl (C=O) groups is 2. The van der Waals surface area contributed by atoms with Crippen LogP contribution in [0.25, 0.3) is 0 Å². The van der Waals surface area contributed by atoms with Gasteiger partial charge in [0.15, 0.2) is 0 Å². The largest absolute Gasteiger partial charge is 0.350 e. The van der Waals surface area contributed by atoms with E-state index in [1.54, 1.807) is 36.4 Å². The Morgan fingerprint density at radius 2 is 1.48 bits per heavy atom. The normalized spacial score (nSPS) is 12.3. The first-order valence-corrected chi connectivity index (χ1v) is 17.6. The Hall–Kier alpha value is -3.95. The van der Waals surface area contributed by atoms with Crippen molar-refractivity contribution in [1.82, 2.24) is 10.2 Å². The van der Waals surface area contributed by atoms with E-state index in [4.69, 9.17) is 0 Å². The van der Waals surface area contributed by atoms with Gasteiger partial charge in [0, 0.05) is 23.0 Å². The Morgan fingerprint density at radius 3 is 2.11 bits per heavy atom. The summed E-state index contributed by atoms with van der Waals surface area (Å²) >= 11 is 3.52. The zero-order valence-corrected chi connectivity index (χ0v) is 29.4. The highest BCUT2D eigenvalue weighted by Gasteiger charge is 2.36. The van der Waals surface area contributed by atoms with Crippen LogP contribution in [0.5, 0.6) is 0 Å². The Bertz CT molecular complexity index is 1750. The van der Waals surface area contributed by atoms with Crippen LogP contribution < -0.4 is 9.62 Å². The lowest BCUT2D eigenvalue weighted by Gasteiger charge is -2.35. The predicted molar refractivity (Wildman–Crippen MR) is 188 cm³/mol. The molecule has 4 aromatic rings. The molecule has 0 saturated heterocycles. The molecule has 9 heteroatoms. The predicted octanol–water partition coefficient (Wildman–Crippen LogP) is 7.07. The van der Waals surface area contributed by atoms with E-state index >= 15 is 0 Å². The average molecular weight is 705 g/mol. The Labute approximate surface area is 281 Å². The number of hydrogen-bond acceptors (Lipinski definition) is 4. The van der Waals surface area contributed by atoms with Gasteiger partial charge in [-0.25, -0.2) is 8.42 Å². The first-order chi connectivity index (χ1) is 21.8. The zero-order valence-electron chi connectivity index (χ0n) is 27.0. The first kappa shape index (κ1) is 34.9. The van der Waals surface area contributed by atoms with Crippen molar-refractivity contribution >= 4 is 43.5 Å². The molecule has 4 rings (SSSR count). The molecule has 0 fully saturated rings. The monoisotopic (exact) mass is 703 g/mol. The van der Waals surface area contributed by atoms with Gasteiger partial charge < -0.3 is 10.2 Å². The fourth-order valence-electron chi connectivity index (χ4n) is 5.24. The first-order valence-electron chi connectivity index (χ1n) is 15.4. The maximum atomic E-state index is 14.7. The van der Waals surface area contributed by atoms with E-state index in [1.165, 1.54) is 9.21 Å². The molecule has 1 atom stereocenters. The van der Waals surface area contributed by atoms with Crippen molar-refractivity contribution in [2.45, 2.75) is 70.5 Å². The van der Waals surface area contributed by atoms with Crippen LogP contribution in [-0.4, -0.2) is 43.3 Å². The lowest BCUT2D eigenvalue weighted by molar-refractivity contribution is -0.140. The van der Waals surface area contributed by atoms with Gasteiger partial charge in [-0.3, -0.25) is 13.9 Å². The summed E-state index contributed by atoms with van der Waals surface area (Å²) in [6.45, 7) is 9.12. The molecule has 2 amide bonds. The van der Waals surface area contributed by atoms with Crippen molar-refractivity contribution in [3.8, 4) is 0 Å². The number of amides is 2. The van der Waals surface area contributed by atoms with Gasteiger partial charge in [-0.2, -0.15) is 0 Å². The minimum Gasteiger partial charge on any atom is -0.350 e. The van der Waals surface area contributed by atoms with E-state index in [0.29, 0.717) is 12.1 Å². The number of aryl methyl sites for hydroxylation is 2. The third-order valence-electron chi connectivity index (χ3n) is 7.54. The summed E-state index contributed by atoms with van der Waals surface area (Å²) in [6.07, 6.45) is 0.815. The summed E-state index contributed by atoms with van der Waals surface area (Å²) in [5.41, 5.74) is 3.26. The molecule has 7 nitrogen and oxygen atoms in total.